The number of para-hydroxylation sites is 1. The lowest BCUT2D eigenvalue weighted by atomic mass is 10.2. The Kier molecular flexibility index (Phi) is 7.39. The van der Waals surface area contributed by atoms with Gasteiger partial charge in [-0.05, 0) is 54.8 Å². The first-order valence-electron chi connectivity index (χ1n) is 9.15. The molecule has 33 heavy (non-hydrogen) atoms. The van der Waals surface area contributed by atoms with E-state index in [9.17, 15) is 26.4 Å². The molecule has 2 aromatic carbocycles. The molecule has 0 aliphatic heterocycles. The van der Waals surface area contributed by atoms with E-state index in [0.29, 0.717) is 22.7 Å². The van der Waals surface area contributed by atoms with Crippen molar-refractivity contribution in [3.8, 4) is 5.75 Å². The summed E-state index contributed by atoms with van der Waals surface area (Å²) in [5, 5.41) is 4.34. The van der Waals surface area contributed by atoms with Crippen LogP contribution in [0.4, 0.5) is 13.2 Å². The Labute approximate surface area is 191 Å². The average Bonchev–Trinajstić information content (AvgIpc) is 2.79. The number of nitrogens with zero attached hydrogens (tertiary/aromatic N) is 2. The standard InChI is InChI=1S/C21H16F3N3O4S2/c1-32-20-17(6-4-12-25-20)19(28)27-26-13-14-5-2-3-7-18(14)31-33(29,30)16-10-8-15(9-11-16)21(22,23)24/h2-13H,1H3,(H,27,28). The van der Waals surface area contributed by atoms with Gasteiger partial charge in [0.25, 0.3) is 5.91 Å². The number of benzene rings is 2. The number of amides is 1. The molecule has 3 rings (SSSR count). The second kappa shape index (κ2) is 10.0. The smallest absolute Gasteiger partial charge is 0.378 e. The second-order valence-corrected chi connectivity index (χ2v) is 8.70. The van der Waals surface area contributed by atoms with Gasteiger partial charge in [0, 0.05) is 11.8 Å². The number of hydrogen-bond donors (Lipinski definition) is 1. The van der Waals surface area contributed by atoms with E-state index in [-0.39, 0.29) is 11.3 Å². The van der Waals surface area contributed by atoms with Crippen molar-refractivity contribution in [1.82, 2.24) is 10.4 Å². The van der Waals surface area contributed by atoms with Crippen LogP contribution in [0, 0.1) is 0 Å². The van der Waals surface area contributed by atoms with Crippen LogP contribution in [0.3, 0.4) is 0 Å². The number of alkyl halides is 3. The fourth-order valence-corrected chi connectivity index (χ4v) is 4.09. The van der Waals surface area contributed by atoms with E-state index in [0.717, 1.165) is 12.1 Å². The summed E-state index contributed by atoms with van der Waals surface area (Å²) in [6.07, 6.45) is -0.0860. The minimum absolute atomic E-state index is 0.124. The van der Waals surface area contributed by atoms with Crippen LogP contribution in [-0.4, -0.2) is 31.8 Å². The molecule has 1 amide bonds. The number of halogens is 3. The maximum atomic E-state index is 12.7. The van der Waals surface area contributed by atoms with Gasteiger partial charge in [-0.3, -0.25) is 4.79 Å². The molecular weight excluding hydrogens is 479 g/mol. The van der Waals surface area contributed by atoms with E-state index < -0.39 is 32.7 Å². The Balaban J connectivity index is 1.77. The van der Waals surface area contributed by atoms with E-state index in [4.69, 9.17) is 4.18 Å². The highest BCUT2D eigenvalue weighted by Gasteiger charge is 2.31. The maximum absolute atomic E-state index is 12.7. The highest BCUT2D eigenvalue weighted by Crippen LogP contribution is 2.30. The van der Waals surface area contributed by atoms with E-state index in [2.05, 4.69) is 15.5 Å². The van der Waals surface area contributed by atoms with Crippen LogP contribution >= 0.6 is 11.8 Å². The molecule has 0 bridgehead atoms. The number of nitrogens with one attached hydrogen (secondary N) is 1. The molecule has 0 aliphatic rings. The van der Waals surface area contributed by atoms with Gasteiger partial charge in [-0.1, -0.05) is 12.1 Å². The molecule has 0 unspecified atom stereocenters. The van der Waals surface area contributed by atoms with E-state index in [1.165, 1.54) is 36.2 Å². The third kappa shape index (κ3) is 6.11. The lowest BCUT2D eigenvalue weighted by Gasteiger charge is -2.11. The zero-order valence-corrected chi connectivity index (χ0v) is 18.5. The highest BCUT2D eigenvalue weighted by molar-refractivity contribution is 7.98. The van der Waals surface area contributed by atoms with Crippen LogP contribution in [0.5, 0.6) is 5.75 Å². The van der Waals surface area contributed by atoms with Crippen LogP contribution in [0.1, 0.15) is 21.5 Å². The highest BCUT2D eigenvalue weighted by atomic mass is 32.2. The van der Waals surface area contributed by atoms with Crippen LogP contribution < -0.4 is 9.61 Å². The number of aromatic nitrogens is 1. The van der Waals surface area contributed by atoms with E-state index >= 15 is 0 Å². The largest absolute Gasteiger partial charge is 0.416 e. The summed E-state index contributed by atoms with van der Waals surface area (Å²) in [5.74, 6) is -0.638. The molecule has 0 atom stereocenters. The average molecular weight is 496 g/mol. The van der Waals surface area contributed by atoms with Gasteiger partial charge in [0.1, 0.15) is 9.92 Å². The molecule has 0 saturated carbocycles. The topological polar surface area (TPSA) is 97.7 Å². The Hall–Kier alpha value is -3.38. The maximum Gasteiger partial charge on any atom is 0.416 e. The monoisotopic (exact) mass is 495 g/mol. The van der Waals surface area contributed by atoms with Crippen molar-refractivity contribution in [3.63, 3.8) is 0 Å². The van der Waals surface area contributed by atoms with Crippen LogP contribution in [0.25, 0.3) is 0 Å². The first-order valence-corrected chi connectivity index (χ1v) is 11.8. The molecule has 7 nitrogen and oxygen atoms in total. The Morgan fingerprint density at radius 3 is 2.45 bits per heavy atom. The fraction of sp³-hybridized carbons (Fsp3) is 0.0952. The molecule has 0 radical (unpaired) electrons. The van der Waals surface area contributed by atoms with Crippen molar-refractivity contribution in [2.24, 2.45) is 5.10 Å². The summed E-state index contributed by atoms with van der Waals surface area (Å²) in [7, 11) is -4.42. The molecule has 1 aromatic heterocycles. The van der Waals surface area contributed by atoms with Gasteiger partial charge in [0.2, 0.25) is 0 Å². The van der Waals surface area contributed by atoms with Crippen LogP contribution in [0.15, 0.2) is 81.9 Å². The number of hydrogen-bond acceptors (Lipinski definition) is 7. The normalized spacial score (nSPS) is 12.0. The third-order valence-corrected chi connectivity index (χ3v) is 6.13. The van der Waals surface area contributed by atoms with E-state index in [1.54, 1.807) is 30.7 Å². The van der Waals surface area contributed by atoms with Crippen molar-refractivity contribution in [3.05, 3.63) is 83.6 Å². The first kappa shape index (κ1) is 24.3. The van der Waals surface area contributed by atoms with Crippen LogP contribution in [0.2, 0.25) is 0 Å². The van der Waals surface area contributed by atoms with Crippen molar-refractivity contribution < 1.29 is 30.6 Å². The van der Waals surface area contributed by atoms with Gasteiger partial charge >= 0.3 is 16.3 Å². The molecule has 1 N–H and O–H groups in total. The van der Waals surface area contributed by atoms with Gasteiger partial charge in [0.05, 0.1) is 17.3 Å². The van der Waals surface area contributed by atoms with Crippen molar-refractivity contribution >= 4 is 34.0 Å². The SMILES string of the molecule is CSc1ncccc1C(=O)NN=Cc1ccccc1OS(=O)(=O)c1ccc(C(F)(F)F)cc1. The fourth-order valence-electron chi connectivity index (χ4n) is 2.59. The molecule has 0 aliphatic carbocycles. The number of carbonyl (C=O) groups is 1. The summed E-state index contributed by atoms with van der Waals surface area (Å²) >= 11 is 1.29. The Morgan fingerprint density at radius 1 is 1.09 bits per heavy atom. The predicted octanol–water partition coefficient (Wildman–Crippen LogP) is 4.35. The molecule has 3 aromatic rings. The Morgan fingerprint density at radius 2 is 1.79 bits per heavy atom. The molecule has 0 saturated heterocycles. The van der Waals surface area contributed by atoms with Gasteiger partial charge in [-0.2, -0.15) is 26.7 Å². The second-order valence-electron chi connectivity index (χ2n) is 6.36. The van der Waals surface area contributed by atoms with Crippen LogP contribution in [-0.2, 0) is 16.3 Å². The summed E-state index contributed by atoms with van der Waals surface area (Å²) in [6.45, 7) is 0. The lowest BCUT2D eigenvalue weighted by molar-refractivity contribution is -0.137. The lowest BCUT2D eigenvalue weighted by Crippen LogP contribution is -2.19. The van der Waals surface area contributed by atoms with Crippen molar-refractivity contribution in [2.75, 3.05) is 6.26 Å². The number of hydrazone groups is 1. The number of thioether (sulfide) groups is 1. The number of pyridine rings is 1. The van der Waals surface area contributed by atoms with Gasteiger partial charge in [0.15, 0.2) is 5.75 Å². The summed E-state index contributed by atoms with van der Waals surface area (Å²) in [6, 6.07) is 12.1. The zero-order valence-electron chi connectivity index (χ0n) is 16.9. The van der Waals surface area contributed by atoms with Gasteiger partial charge < -0.3 is 4.18 Å². The summed E-state index contributed by atoms with van der Waals surface area (Å²) < 4.78 is 68.3. The molecule has 12 heteroatoms. The quantitative estimate of drug-likeness (QED) is 0.227. The molecule has 0 spiro atoms. The van der Waals surface area contributed by atoms with Crippen molar-refractivity contribution in [2.45, 2.75) is 16.1 Å². The minimum atomic E-state index is -4.59. The summed E-state index contributed by atoms with van der Waals surface area (Å²) in [5.41, 5.74) is 1.88. The molecule has 172 valence electrons. The first-order chi connectivity index (χ1) is 15.6. The third-order valence-electron chi connectivity index (χ3n) is 4.17. The molecule has 1 heterocycles. The van der Waals surface area contributed by atoms with E-state index in [1.807, 2.05) is 0 Å². The van der Waals surface area contributed by atoms with Crippen molar-refractivity contribution in [1.29, 1.82) is 0 Å². The number of rotatable bonds is 7. The summed E-state index contributed by atoms with van der Waals surface area (Å²) in [4.78, 5) is 16.0. The zero-order chi connectivity index (χ0) is 24.1. The van der Waals surface area contributed by atoms with Gasteiger partial charge in [-0.15, -0.1) is 11.8 Å². The Bertz CT molecular complexity index is 1280. The molecular formula is C21H16F3N3O4S2. The minimum Gasteiger partial charge on any atom is -0.378 e. The number of carbonyl (C=O) groups excluding carboxylic acids is 1. The van der Waals surface area contributed by atoms with Gasteiger partial charge in [-0.25, -0.2) is 10.4 Å². The predicted molar refractivity (Wildman–Crippen MR) is 117 cm³/mol. The molecule has 0 fully saturated rings.